The SMILES string of the molecule is CC(=O)N1CSC[C@@H]1C(=O)N1CCC2(CC1)CN(C(=O)CN(C)S(=O)(=O)N(C)C)CCO2. The monoisotopic (exact) mass is 491 g/mol. The summed E-state index contributed by atoms with van der Waals surface area (Å²) in [6.07, 6.45) is 1.18. The summed E-state index contributed by atoms with van der Waals surface area (Å²) in [5.41, 5.74) is -0.533. The number of hydrogen-bond donors (Lipinski definition) is 0. The van der Waals surface area contributed by atoms with Crippen LogP contribution in [-0.4, -0.2) is 133 Å². The van der Waals surface area contributed by atoms with Gasteiger partial charge < -0.3 is 19.4 Å². The Morgan fingerprint density at radius 1 is 1.09 bits per heavy atom. The van der Waals surface area contributed by atoms with E-state index in [-0.39, 0.29) is 24.3 Å². The van der Waals surface area contributed by atoms with E-state index in [0.717, 1.165) is 8.61 Å². The number of nitrogens with zero attached hydrogens (tertiary/aromatic N) is 5. The van der Waals surface area contributed by atoms with Crippen LogP contribution in [-0.2, 0) is 29.3 Å². The minimum absolute atomic E-state index is 0.0284. The van der Waals surface area contributed by atoms with Crippen LogP contribution in [0.15, 0.2) is 0 Å². The Morgan fingerprint density at radius 3 is 2.34 bits per heavy atom. The Bertz CT molecular complexity index is 843. The summed E-state index contributed by atoms with van der Waals surface area (Å²) in [6, 6.07) is -0.411. The number of likely N-dealkylation sites (N-methyl/N-ethyl adjacent to an activating group) is 1. The maximum Gasteiger partial charge on any atom is 0.281 e. The van der Waals surface area contributed by atoms with Crippen molar-refractivity contribution in [2.45, 2.75) is 31.4 Å². The van der Waals surface area contributed by atoms with Crippen molar-refractivity contribution in [1.82, 2.24) is 23.3 Å². The van der Waals surface area contributed by atoms with Crippen molar-refractivity contribution in [3.05, 3.63) is 0 Å². The number of hydrogen-bond acceptors (Lipinski definition) is 7. The van der Waals surface area contributed by atoms with E-state index in [1.54, 1.807) is 26.5 Å². The zero-order valence-electron chi connectivity index (χ0n) is 19.2. The van der Waals surface area contributed by atoms with Crippen LogP contribution in [0.4, 0.5) is 0 Å². The summed E-state index contributed by atoms with van der Waals surface area (Å²) in [4.78, 5) is 42.6. The van der Waals surface area contributed by atoms with Crippen LogP contribution in [0.2, 0.25) is 0 Å². The number of piperidine rings is 1. The Labute approximate surface area is 194 Å². The van der Waals surface area contributed by atoms with Crippen LogP contribution in [0.5, 0.6) is 0 Å². The molecule has 11 nitrogen and oxygen atoms in total. The van der Waals surface area contributed by atoms with Crippen molar-refractivity contribution in [2.75, 3.05) is 72.1 Å². The molecule has 0 unspecified atom stereocenters. The highest BCUT2D eigenvalue weighted by molar-refractivity contribution is 7.99. The third kappa shape index (κ3) is 5.22. The van der Waals surface area contributed by atoms with Gasteiger partial charge in [-0.25, -0.2) is 0 Å². The smallest absolute Gasteiger partial charge is 0.281 e. The van der Waals surface area contributed by atoms with E-state index in [4.69, 9.17) is 4.74 Å². The van der Waals surface area contributed by atoms with Crippen molar-refractivity contribution in [2.24, 2.45) is 0 Å². The van der Waals surface area contributed by atoms with Crippen molar-refractivity contribution in [3.8, 4) is 0 Å². The molecule has 0 saturated carbocycles. The molecule has 3 aliphatic heterocycles. The van der Waals surface area contributed by atoms with Gasteiger partial charge in [0.15, 0.2) is 0 Å². The van der Waals surface area contributed by atoms with Crippen LogP contribution in [0.1, 0.15) is 19.8 Å². The molecule has 182 valence electrons. The number of rotatable bonds is 5. The lowest BCUT2D eigenvalue weighted by Gasteiger charge is -2.47. The maximum atomic E-state index is 13.0. The Balaban J connectivity index is 1.57. The molecule has 0 aromatic carbocycles. The van der Waals surface area contributed by atoms with Crippen LogP contribution >= 0.6 is 11.8 Å². The summed E-state index contributed by atoms with van der Waals surface area (Å²) in [5, 5.41) is 0. The number of amides is 3. The fourth-order valence-electron chi connectivity index (χ4n) is 4.31. The van der Waals surface area contributed by atoms with Crippen molar-refractivity contribution in [3.63, 3.8) is 0 Å². The third-order valence-corrected chi connectivity index (χ3v) is 9.22. The number of morpholine rings is 1. The van der Waals surface area contributed by atoms with Gasteiger partial charge in [-0.15, -0.1) is 11.8 Å². The van der Waals surface area contributed by atoms with E-state index in [1.807, 2.05) is 0 Å². The molecule has 13 heteroatoms. The molecule has 0 aromatic rings. The fraction of sp³-hybridized carbons (Fsp3) is 0.842. The molecule has 32 heavy (non-hydrogen) atoms. The molecule has 3 saturated heterocycles. The molecule has 3 heterocycles. The lowest BCUT2D eigenvalue weighted by atomic mass is 9.89. The zero-order chi connectivity index (χ0) is 23.7. The highest BCUT2D eigenvalue weighted by atomic mass is 32.2. The Hall–Kier alpha value is -1.41. The summed E-state index contributed by atoms with van der Waals surface area (Å²) < 4.78 is 32.6. The average molecular weight is 492 g/mol. The van der Waals surface area contributed by atoms with Gasteiger partial charge in [0.1, 0.15) is 6.04 Å². The second-order valence-corrected chi connectivity index (χ2v) is 12.0. The Morgan fingerprint density at radius 2 is 1.75 bits per heavy atom. The van der Waals surface area contributed by atoms with Gasteiger partial charge >= 0.3 is 0 Å². The highest BCUT2D eigenvalue weighted by Gasteiger charge is 2.44. The first-order chi connectivity index (χ1) is 15.0. The standard InChI is InChI=1S/C19H33N5O6S2/c1-15(25)24-14-31-12-16(24)18(27)22-7-5-19(6-8-22)13-23(9-10-30-19)17(26)11-21(4)32(28,29)20(2)3/h16H,5-14H2,1-4H3/t16-/m1/s1. The molecule has 3 rings (SSSR count). The van der Waals surface area contributed by atoms with E-state index >= 15 is 0 Å². The third-order valence-electron chi connectivity index (χ3n) is 6.37. The topological polar surface area (TPSA) is 111 Å². The van der Waals surface area contributed by atoms with Gasteiger partial charge in [-0.3, -0.25) is 14.4 Å². The molecular formula is C19H33N5O6S2. The van der Waals surface area contributed by atoms with Crippen LogP contribution in [0.25, 0.3) is 0 Å². The number of carbonyl (C=O) groups is 3. The van der Waals surface area contributed by atoms with Gasteiger partial charge in [0.25, 0.3) is 10.2 Å². The molecule has 3 amide bonds. The van der Waals surface area contributed by atoms with Crippen LogP contribution in [0.3, 0.4) is 0 Å². The largest absolute Gasteiger partial charge is 0.371 e. The van der Waals surface area contributed by atoms with Crippen molar-refractivity contribution < 1.29 is 27.5 Å². The minimum atomic E-state index is -3.67. The van der Waals surface area contributed by atoms with Gasteiger partial charge in [-0.2, -0.15) is 17.0 Å². The molecule has 0 aliphatic carbocycles. The number of carbonyl (C=O) groups excluding carboxylic acids is 3. The fourth-order valence-corrected chi connectivity index (χ4v) is 6.35. The normalized spacial score (nSPS) is 23.9. The van der Waals surface area contributed by atoms with Crippen LogP contribution in [0, 0.1) is 0 Å². The van der Waals surface area contributed by atoms with Gasteiger partial charge in [0.2, 0.25) is 17.7 Å². The molecule has 3 aliphatic rings. The van der Waals surface area contributed by atoms with E-state index in [1.165, 1.54) is 28.1 Å². The van der Waals surface area contributed by atoms with Crippen molar-refractivity contribution >= 4 is 39.7 Å². The second-order valence-electron chi connectivity index (χ2n) is 8.72. The second kappa shape index (κ2) is 9.84. The first kappa shape index (κ1) is 25.2. The lowest BCUT2D eigenvalue weighted by molar-refractivity contribution is -0.164. The Kier molecular flexibility index (Phi) is 7.75. The summed E-state index contributed by atoms with van der Waals surface area (Å²) in [7, 11) is 0.574. The quantitative estimate of drug-likeness (QED) is 0.478. The molecular weight excluding hydrogens is 458 g/mol. The summed E-state index contributed by atoms with van der Waals surface area (Å²) in [6.45, 7) is 3.42. The lowest BCUT2D eigenvalue weighted by Crippen LogP contribution is -2.60. The minimum Gasteiger partial charge on any atom is -0.371 e. The molecule has 0 aromatic heterocycles. The average Bonchev–Trinajstić information content (AvgIpc) is 3.24. The number of thioether (sulfide) groups is 1. The van der Waals surface area contributed by atoms with E-state index in [0.29, 0.717) is 57.3 Å². The highest BCUT2D eigenvalue weighted by Crippen LogP contribution is 2.32. The van der Waals surface area contributed by atoms with Crippen LogP contribution < -0.4 is 0 Å². The maximum absolute atomic E-state index is 13.0. The molecule has 1 atom stereocenters. The summed E-state index contributed by atoms with van der Waals surface area (Å²) in [5.74, 6) is 0.774. The molecule has 0 radical (unpaired) electrons. The van der Waals surface area contributed by atoms with E-state index in [9.17, 15) is 22.8 Å². The zero-order valence-corrected chi connectivity index (χ0v) is 20.8. The molecule has 0 bridgehead atoms. The van der Waals surface area contributed by atoms with Gasteiger partial charge in [-0.05, 0) is 12.8 Å². The van der Waals surface area contributed by atoms with Gasteiger partial charge in [-0.1, -0.05) is 0 Å². The van der Waals surface area contributed by atoms with E-state index in [2.05, 4.69) is 0 Å². The van der Waals surface area contributed by atoms with Gasteiger partial charge in [0.05, 0.1) is 24.6 Å². The summed E-state index contributed by atoms with van der Waals surface area (Å²) >= 11 is 1.58. The molecule has 1 spiro atoms. The first-order valence-corrected chi connectivity index (χ1v) is 13.2. The predicted octanol–water partition coefficient (Wildman–Crippen LogP) is -1.13. The predicted molar refractivity (Wildman–Crippen MR) is 120 cm³/mol. The van der Waals surface area contributed by atoms with E-state index < -0.39 is 21.9 Å². The molecule has 0 N–H and O–H groups in total. The first-order valence-electron chi connectivity index (χ1n) is 10.7. The van der Waals surface area contributed by atoms with Gasteiger partial charge in [0, 0.05) is 60.0 Å². The molecule has 3 fully saturated rings. The number of ether oxygens (including phenoxy) is 1. The van der Waals surface area contributed by atoms with Crippen molar-refractivity contribution in [1.29, 1.82) is 0 Å². The number of likely N-dealkylation sites (tertiary alicyclic amines) is 1.